The van der Waals surface area contributed by atoms with Gasteiger partial charge in [-0.1, -0.05) is 19.1 Å². The molecule has 2 rings (SSSR count). The molecular weight excluding hydrogens is 284 g/mol. The van der Waals surface area contributed by atoms with E-state index in [0.717, 1.165) is 23.6 Å². The molecule has 0 spiro atoms. The fourth-order valence-electron chi connectivity index (χ4n) is 2.16. The Morgan fingerprint density at radius 1 is 1.38 bits per heavy atom. The summed E-state index contributed by atoms with van der Waals surface area (Å²) in [6.07, 6.45) is 0.986. The normalized spacial score (nSPS) is 12.1. The van der Waals surface area contributed by atoms with Crippen LogP contribution >= 0.6 is 11.3 Å². The molecule has 0 radical (unpaired) electrons. The van der Waals surface area contributed by atoms with Crippen LogP contribution in [0.15, 0.2) is 35.7 Å². The zero-order valence-corrected chi connectivity index (χ0v) is 13.1. The molecule has 0 aliphatic heterocycles. The van der Waals surface area contributed by atoms with Crippen LogP contribution in [-0.2, 0) is 6.54 Å². The maximum absolute atomic E-state index is 11.1. The molecule has 1 unspecified atom stereocenters. The number of nitrogens with two attached hydrogens (primary N) is 1. The van der Waals surface area contributed by atoms with Gasteiger partial charge >= 0.3 is 0 Å². The van der Waals surface area contributed by atoms with Crippen molar-refractivity contribution in [3.8, 4) is 5.75 Å². The minimum absolute atomic E-state index is 0.273. The van der Waals surface area contributed by atoms with Crippen LogP contribution in [0, 0.1) is 0 Å². The van der Waals surface area contributed by atoms with Gasteiger partial charge in [0.1, 0.15) is 5.75 Å². The van der Waals surface area contributed by atoms with Gasteiger partial charge in [-0.05, 0) is 30.2 Å². The predicted octanol–water partition coefficient (Wildman–Crippen LogP) is 3.10. The molecule has 3 N–H and O–H groups in total. The molecule has 0 saturated carbocycles. The van der Waals surface area contributed by atoms with Gasteiger partial charge in [0, 0.05) is 22.8 Å². The largest absolute Gasteiger partial charge is 0.497 e. The van der Waals surface area contributed by atoms with Gasteiger partial charge in [-0.2, -0.15) is 0 Å². The van der Waals surface area contributed by atoms with Crippen LogP contribution in [0.1, 0.15) is 40.2 Å². The van der Waals surface area contributed by atoms with Crippen molar-refractivity contribution in [2.75, 3.05) is 7.11 Å². The summed E-state index contributed by atoms with van der Waals surface area (Å²) >= 11 is 1.55. The number of primary amides is 1. The molecule has 2 aromatic rings. The van der Waals surface area contributed by atoms with Crippen molar-refractivity contribution in [2.45, 2.75) is 25.9 Å². The molecule has 0 saturated heterocycles. The highest BCUT2D eigenvalue weighted by Crippen LogP contribution is 2.21. The van der Waals surface area contributed by atoms with E-state index in [1.807, 2.05) is 18.2 Å². The number of nitrogens with one attached hydrogen (secondary N) is 1. The Labute approximate surface area is 128 Å². The maximum Gasteiger partial charge on any atom is 0.249 e. The monoisotopic (exact) mass is 304 g/mol. The molecule has 1 heterocycles. The smallest absolute Gasteiger partial charge is 0.249 e. The van der Waals surface area contributed by atoms with E-state index in [9.17, 15) is 4.79 Å². The zero-order valence-electron chi connectivity index (χ0n) is 12.3. The lowest BCUT2D eigenvalue weighted by Crippen LogP contribution is -2.19. The Morgan fingerprint density at radius 2 is 2.10 bits per heavy atom. The van der Waals surface area contributed by atoms with Crippen LogP contribution in [0.2, 0.25) is 0 Å². The van der Waals surface area contributed by atoms with Crippen LogP contribution in [0.3, 0.4) is 0 Å². The second-order valence-corrected chi connectivity index (χ2v) is 5.78. The van der Waals surface area contributed by atoms with Crippen molar-refractivity contribution >= 4 is 17.2 Å². The minimum atomic E-state index is -0.375. The fraction of sp³-hybridized carbons (Fsp3) is 0.312. The Balaban J connectivity index is 1.99. The van der Waals surface area contributed by atoms with Gasteiger partial charge in [0.2, 0.25) is 5.91 Å². The minimum Gasteiger partial charge on any atom is -0.497 e. The summed E-state index contributed by atoms with van der Waals surface area (Å²) in [6.45, 7) is 2.87. The second kappa shape index (κ2) is 7.24. The standard InChI is InChI=1S/C16H20N2O2S/c1-3-15(11-4-6-13(20-2)7-5-11)18-9-14-8-12(10-21-14)16(17)19/h4-8,10,15,18H,3,9H2,1-2H3,(H2,17,19). The molecular formula is C16H20N2O2S. The molecule has 5 heteroatoms. The van der Waals surface area contributed by atoms with Crippen molar-refractivity contribution in [3.63, 3.8) is 0 Å². The number of thiophene rings is 1. The number of ether oxygens (including phenoxy) is 1. The highest BCUT2D eigenvalue weighted by Gasteiger charge is 2.10. The van der Waals surface area contributed by atoms with E-state index in [2.05, 4.69) is 24.4 Å². The van der Waals surface area contributed by atoms with E-state index < -0.39 is 0 Å². The first-order chi connectivity index (χ1) is 10.1. The third-order valence-corrected chi connectivity index (χ3v) is 4.32. The number of hydrogen-bond donors (Lipinski definition) is 2. The van der Waals surface area contributed by atoms with E-state index in [1.54, 1.807) is 23.8 Å². The number of carbonyl (C=O) groups is 1. The van der Waals surface area contributed by atoms with Crippen molar-refractivity contribution in [1.29, 1.82) is 0 Å². The van der Waals surface area contributed by atoms with E-state index in [1.165, 1.54) is 5.56 Å². The molecule has 1 aromatic heterocycles. The van der Waals surface area contributed by atoms with Crippen molar-refractivity contribution < 1.29 is 9.53 Å². The van der Waals surface area contributed by atoms with Crippen LogP contribution in [0.4, 0.5) is 0 Å². The summed E-state index contributed by atoms with van der Waals surface area (Å²) in [5, 5.41) is 5.31. The molecule has 4 nitrogen and oxygen atoms in total. The molecule has 1 atom stereocenters. The lowest BCUT2D eigenvalue weighted by Gasteiger charge is -2.17. The summed E-state index contributed by atoms with van der Waals surface area (Å²) in [7, 11) is 1.66. The molecule has 0 aliphatic carbocycles. The van der Waals surface area contributed by atoms with E-state index in [-0.39, 0.29) is 11.9 Å². The lowest BCUT2D eigenvalue weighted by molar-refractivity contribution is 0.100. The summed E-state index contributed by atoms with van der Waals surface area (Å²) in [4.78, 5) is 12.2. The van der Waals surface area contributed by atoms with E-state index >= 15 is 0 Å². The van der Waals surface area contributed by atoms with Crippen molar-refractivity contribution in [2.24, 2.45) is 5.73 Å². The second-order valence-electron chi connectivity index (χ2n) is 4.78. The molecule has 0 fully saturated rings. The van der Waals surface area contributed by atoms with Crippen LogP contribution < -0.4 is 15.8 Å². The predicted molar refractivity (Wildman–Crippen MR) is 85.7 cm³/mol. The van der Waals surface area contributed by atoms with Crippen molar-refractivity contribution in [1.82, 2.24) is 5.32 Å². The number of benzene rings is 1. The summed E-state index contributed by atoms with van der Waals surface area (Å²) < 4.78 is 5.17. The lowest BCUT2D eigenvalue weighted by atomic mass is 10.0. The summed E-state index contributed by atoms with van der Waals surface area (Å²) in [6, 6.07) is 10.2. The topological polar surface area (TPSA) is 64.3 Å². The van der Waals surface area contributed by atoms with Gasteiger partial charge in [-0.25, -0.2) is 0 Å². The summed E-state index contributed by atoms with van der Waals surface area (Å²) in [5.41, 5.74) is 7.07. The Kier molecular flexibility index (Phi) is 5.36. The first-order valence-electron chi connectivity index (χ1n) is 6.88. The third-order valence-electron chi connectivity index (χ3n) is 3.39. The Hall–Kier alpha value is -1.85. The van der Waals surface area contributed by atoms with Gasteiger partial charge in [0.15, 0.2) is 0 Å². The number of hydrogen-bond acceptors (Lipinski definition) is 4. The fourth-order valence-corrected chi connectivity index (χ4v) is 2.98. The average molecular weight is 304 g/mol. The number of carbonyl (C=O) groups excluding carboxylic acids is 1. The quantitative estimate of drug-likeness (QED) is 0.826. The van der Waals surface area contributed by atoms with Gasteiger partial charge < -0.3 is 15.8 Å². The van der Waals surface area contributed by atoms with Gasteiger partial charge in [0.25, 0.3) is 0 Å². The highest BCUT2D eigenvalue weighted by atomic mass is 32.1. The molecule has 21 heavy (non-hydrogen) atoms. The molecule has 1 aromatic carbocycles. The SMILES string of the molecule is CCC(NCc1cc(C(N)=O)cs1)c1ccc(OC)cc1. The molecule has 0 bridgehead atoms. The van der Waals surface area contributed by atoms with Crippen LogP contribution in [0.25, 0.3) is 0 Å². The first-order valence-corrected chi connectivity index (χ1v) is 7.76. The van der Waals surface area contributed by atoms with E-state index in [4.69, 9.17) is 10.5 Å². The highest BCUT2D eigenvalue weighted by molar-refractivity contribution is 7.10. The Bertz CT molecular complexity index is 593. The van der Waals surface area contributed by atoms with E-state index in [0.29, 0.717) is 5.56 Å². The molecule has 1 amide bonds. The van der Waals surface area contributed by atoms with Crippen LogP contribution in [-0.4, -0.2) is 13.0 Å². The van der Waals surface area contributed by atoms with Gasteiger partial charge in [-0.3, -0.25) is 4.79 Å². The van der Waals surface area contributed by atoms with Crippen LogP contribution in [0.5, 0.6) is 5.75 Å². The summed E-state index contributed by atoms with van der Waals surface area (Å²) in [5.74, 6) is 0.484. The van der Waals surface area contributed by atoms with Crippen molar-refractivity contribution in [3.05, 3.63) is 51.7 Å². The van der Waals surface area contributed by atoms with Gasteiger partial charge in [0.05, 0.1) is 12.7 Å². The number of methoxy groups -OCH3 is 1. The first kappa shape index (κ1) is 15.5. The third kappa shape index (κ3) is 4.06. The average Bonchev–Trinajstić information content (AvgIpc) is 2.98. The number of rotatable bonds is 7. The van der Waals surface area contributed by atoms with Gasteiger partial charge in [-0.15, -0.1) is 11.3 Å². The molecule has 112 valence electrons. The Morgan fingerprint density at radius 3 is 2.62 bits per heavy atom. The molecule has 0 aliphatic rings. The zero-order chi connectivity index (χ0) is 15.2. The number of amides is 1. The maximum atomic E-state index is 11.1.